The maximum Gasteiger partial charge on any atom is 0.286 e. The number of ether oxygens (including phenoxy) is 4. The number of carbonyl (C=O) groups excluding carboxylic acids is 2. The van der Waals surface area contributed by atoms with E-state index in [2.05, 4.69) is 37.3 Å². The van der Waals surface area contributed by atoms with Gasteiger partial charge in [-0.3, -0.25) is 19.0 Å². The number of benzene rings is 2. The number of aryl methyl sites for hydroxylation is 2. The zero-order valence-corrected chi connectivity index (χ0v) is 35.3. The van der Waals surface area contributed by atoms with Crippen molar-refractivity contribution in [3.05, 3.63) is 82.0 Å². The maximum atomic E-state index is 15.0. The highest BCUT2D eigenvalue weighted by Gasteiger charge is 2.44. The van der Waals surface area contributed by atoms with E-state index in [1.54, 1.807) is 26.3 Å². The summed E-state index contributed by atoms with van der Waals surface area (Å²) < 4.78 is 48.0. The predicted octanol–water partition coefficient (Wildman–Crippen LogP) is 5.70. The Labute approximate surface area is 341 Å². The standard InChI is InChI=1S/C42H55ClN6O7S/c1-27-24-57(52,46-40(51)33-23-48(4)44-41(33)54-6)45-39(50)29-10-14-38-35(21-29)49(25-42(26-56-38)17-7-8-28-20-31(43)11-13-34(28)42)22-30-9-12-32(30)37(53-5)16-15-36(27)55-19-18-47(2)3/h10-11,13-16,20-21,23,27,30,32,36-37H,7-9,12,17-19,22,24-26H2,1-6H3,(H,45,46,50,51,52)/b16-15+/t27-,30+,32-,36+,37+,42+,57?/m1/s1. The van der Waals surface area contributed by atoms with E-state index < -0.39 is 33.8 Å². The summed E-state index contributed by atoms with van der Waals surface area (Å²) >= 11 is 6.49. The van der Waals surface area contributed by atoms with Crippen LogP contribution >= 0.6 is 11.6 Å². The van der Waals surface area contributed by atoms with E-state index in [0.717, 1.165) is 49.4 Å². The number of hydrogen-bond acceptors (Lipinski definition) is 10. The molecule has 57 heavy (non-hydrogen) atoms. The van der Waals surface area contributed by atoms with Gasteiger partial charge in [-0.1, -0.05) is 36.7 Å². The molecule has 2 amide bonds. The second-order valence-electron chi connectivity index (χ2n) is 16.3. The van der Waals surface area contributed by atoms with E-state index in [9.17, 15) is 9.59 Å². The lowest BCUT2D eigenvalue weighted by Gasteiger charge is -2.46. The summed E-state index contributed by atoms with van der Waals surface area (Å²) in [6, 6.07) is 11.5. The molecule has 13 nitrogen and oxygen atoms in total. The number of nitrogens with one attached hydrogen (secondary N) is 1. The van der Waals surface area contributed by atoms with Gasteiger partial charge in [0, 0.05) is 61.9 Å². The molecule has 0 saturated heterocycles. The first-order valence-electron chi connectivity index (χ1n) is 19.8. The maximum absolute atomic E-state index is 15.0. The lowest BCUT2D eigenvalue weighted by atomic mass is 9.68. The molecule has 2 aliphatic carbocycles. The summed E-state index contributed by atoms with van der Waals surface area (Å²) in [5.74, 6) is -0.739. The van der Waals surface area contributed by atoms with Crippen molar-refractivity contribution in [2.24, 2.45) is 29.2 Å². The monoisotopic (exact) mass is 822 g/mol. The molecule has 308 valence electrons. The van der Waals surface area contributed by atoms with Crippen molar-refractivity contribution >= 4 is 39.0 Å². The summed E-state index contributed by atoms with van der Waals surface area (Å²) in [6.07, 6.45) is 9.80. The molecule has 15 heteroatoms. The molecule has 1 N–H and O–H groups in total. The molecule has 1 spiro atoms. The van der Waals surface area contributed by atoms with Gasteiger partial charge in [0.2, 0.25) is 5.88 Å². The first kappa shape index (κ1) is 41.2. The number of halogens is 1. The third-order valence-corrected chi connectivity index (χ3v) is 14.2. The van der Waals surface area contributed by atoms with Crippen molar-refractivity contribution < 1.29 is 32.7 Å². The van der Waals surface area contributed by atoms with E-state index in [-0.39, 0.29) is 40.2 Å². The minimum absolute atomic E-state index is 0.0608. The van der Waals surface area contributed by atoms with Gasteiger partial charge >= 0.3 is 0 Å². The quantitative estimate of drug-likeness (QED) is 0.282. The molecule has 7 rings (SSSR count). The van der Waals surface area contributed by atoms with Crippen LogP contribution in [0.1, 0.15) is 64.4 Å². The molecule has 4 aliphatic rings. The number of fused-ring (bicyclic) bond motifs is 4. The van der Waals surface area contributed by atoms with Gasteiger partial charge in [-0.15, -0.1) is 9.46 Å². The van der Waals surface area contributed by atoms with Gasteiger partial charge in [0.05, 0.1) is 44.0 Å². The molecule has 1 unspecified atom stereocenters. The fraction of sp³-hybridized carbons (Fsp3) is 0.548. The lowest BCUT2D eigenvalue weighted by molar-refractivity contribution is 0.0104. The Balaban J connectivity index is 1.32. The van der Waals surface area contributed by atoms with Crippen LogP contribution < -0.4 is 19.1 Å². The highest BCUT2D eigenvalue weighted by atomic mass is 35.5. The topological polar surface area (TPSA) is 137 Å². The third kappa shape index (κ3) is 8.90. The van der Waals surface area contributed by atoms with Crippen molar-refractivity contribution in [1.29, 1.82) is 0 Å². The molecule has 0 radical (unpaired) electrons. The molecule has 2 aliphatic heterocycles. The van der Waals surface area contributed by atoms with Gasteiger partial charge in [0.25, 0.3) is 11.8 Å². The average Bonchev–Trinajstić information content (AvgIpc) is 3.48. The summed E-state index contributed by atoms with van der Waals surface area (Å²) in [4.78, 5) is 32.5. The number of anilines is 1. The van der Waals surface area contributed by atoms with E-state index in [0.29, 0.717) is 38.0 Å². The second kappa shape index (κ2) is 17.1. The number of amides is 2. The number of aromatic nitrogens is 2. The third-order valence-electron chi connectivity index (χ3n) is 12.0. The molecule has 7 atom stereocenters. The minimum atomic E-state index is -3.76. The highest BCUT2D eigenvalue weighted by Crippen LogP contribution is 2.47. The summed E-state index contributed by atoms with van der Waals surface area (Å²) in [7, 11) is 4.98. The predicted molar refractivity (Wildman–Crippen MR) is 221 cm³/mol. The van der Waals surface area contributed by atoms with Crippen LogP contribution in [0.3, 0.4) is 0 Å². The van der Waals surface area contributed by atoms with Gasteiger partial charge in [-0.25, -0.2) is 4.21 Å². The Morgan fingerprint density at radius 1 is 1.14 bits per heavy atom. The molecule has 1 aromatic heterocycles. The summed E-state index contributed by atoms with van der Waals surface area (Å²) in [5, 5.41) is 4.91. The SMILES string of the molecule is COc1nn(C)cc1C(=O)NS1(=O)=NC(=O)c2ccc3c(c2)N(C[C@@H]2CC[C@H]2[C@@H](OC)/C=C/[C@H](OCCN(C)C)[C@H](C)C1)C[C@@]1(CCCc2cc(Cl)ccc21)CO3. The number of hydrogen-bond donors (Lipinski definition) is 1. The molecular weight excluding hydrogens is 768 g/mol. The Hall–Kier alpha value is -3.95. The Bertz CT molecular complexity index is 2130. The number of likely N-dealkylation sites (N-methyl/N-ethyl adjacent to an activating group) is 1. The Morgan fingerprint density at radius 3 is 2.68 bits per heavy atom. The van der Waals surface area contributed by atoms with Crippen LogP contribution in [0.5, 0.6) is 11.6 Å². The van der Waals surface area contributed by atoms with Gasteiger partial charge < -0.3 is 28.7 Å². The van der Waals surface area contributed by atoms with E-state index in [1.807, 2.05) is 44.1 Å². The van der Waals surface area contributed by atoms with Crippen LogP contribution in [0.2, 0.25) is 5.02 Å². The van der Waals surface area contributed by atoms with E-state index in [4.69, 9.17) is 30.5 Å². The fourth-order valence-electron chi connectivity index (χ4n) is 8.89. The largest absolute Gasteiger partial charge is 0.490 e. The minimum Gasteiger partial charge on any atom is -0.490 e. The number of rotatable bonds is 8. The zero-order chi connectivity index (χ0) is 40.5. The molecule has 2 bridgehead atoms. The first-order chi connectivity index (χ1) is 27.3. The zero-order valence-electron chi connectivity index (χ0n) is 33.7. The van der Waals surface area contributed by atoms with Crippen molar-refractivity contribution in [2.75, 3.05) is 71.8 Å². The molecule has 3 heterocycles. The highest BCUT2D eigenvalue weighted by molar-refractivity contribution is 7.92. The van der Waals surface area contributed by atoms with Gasteiger partial charge in [-0.05, 0) is 99.5 Å². The molecule has 2 aromatic carbocycles. The molecular formula is C42H55ClN6O7S. The summed E-state index contributed by atoms with van der Waals surface area (Å²) in [6.45, 7) is 4.86. The van der Waals surface area contributed by atoms with Crippen LogP contribution in [0, 0.1) is 17.8 Å². The van der Waals surface area contributed by atoms with Gasteiger partial charge in [0.1, 0.15) is 21.2 Å². The Kier molecular flexibility index (Phi) is 12.4. The molecule has 1 fully saturated rings. The number of carbonyl (C=O) groups is 2. The van der Waals surface area contributed by atoms with Crippen LogP contribution in [0.4, 0.5) is 5.69 Å². The van der Waals surface area contributed by atoms with Crippen molar-refractivity contribution in [2.45, 2.75) is 56.7 Å². The average molecular weight is 823 g/mol. The van der Waals surface area contributed by atoms with Crippen molar-refractivity contribution in [3.63, 3.8) is 0 Å². The smallest absolute Gasteiger partial charge is 0.286 e. The van der Waals surface area contributed by atoms with Crippen LogP contribution in [0.25, 0.3) is 0 Å². The fourth-order valence-corrected chi connectivity index (χ4v) is 11.0. The molecule has 3 aromatic rings. The van der Waals surface area contributed by atoms with Crippen LogP contribution in [-0.4, -0.2) is 110 Å². The lowest BCUT2D eigenvalue weighted by Crippen LogP contribution is -2.49. The normalized spacial score (nSPS) is 29.3. The van der Waals surface area contributed by atoms with Gasteiger partial charge in [0.15, 0.2) is 0 Å². The van der Waals surface area contributed by atoms with E-state index in [1.165, 1.54) is 29.1 Å². The van der Waals surface area contributed by atoms with Crippen molar-refractivity contribution in [3.8, 4) is 11.6 Å². The van der Waals surface area contributed by atoms with Gasteiger partial charge in [-0.2, -0.15) is 0 Å². The summed E-state index contributed by atoms with van der Waals surface area (Å²) in [5.41, 5.74) is 3.30. The van der Waals surface area contributed by atoms with E-state index >= 15 is 4.21 Å². The van der Waals surface area contributed by atoms with Crippen LogP contribution in [-0.2, 0) is 38.3 Å². The first-order valence-corrected chi connectivity index (χ1v) is 21.8. The van der Waals surface area contributed by atoms with Crippen molar-refractivity contribution in [1.82, 2.24) is 19.4 Å². The number of nitrogens with zero attached hydrogens (tertiary/aromatic N) is 5. The molecule has 1 saturated carbocycles. The van der Waals surface area contributed by atoms with Crippen LogP contribution in [0.15, 0.2) is 59.1 Å². The second-order valence-corrected chi connectivity index (χ2v) is 18.8. The Morgan fingerprint density at radius 2 is 1.95 bits per heavy atom. The number of methoxy groups -OCH3 is 2.